The topological polar surface area (TPSA) is 105 Å². The molecule has 0 aliphatic carbocycles. The number of ether oxygens (including phenoxy) is 2. The van der Waals surface area contributed by atoms with Gasteiger partial charge in [-0.15, -0.1) is 0 Å². The highest BCUT2D eigenvalue weighted by Crippen LogP contribution is 2.21. The predicted octanol–water partition coefficient (Wildman–Crippen LogP) is 1.36. The van der Waals surface area contributed by atoms with Crippen LogP contribution in [0.5, 0.6) is 11.5 Å². The minimum Gasteiger partial charge on any atom is -0.497 e. The lowest BCUT2D eigenvalue weighted by Gasteiger charge is -2.34. The van der Waals surface area contributed by atoms with Crippen LogP contribution in [0.4, 0.5) is 0 Å². The predicted molar refractivity (Wildman–Crippen MR) is 118 cm³/mol. The average molecular weight is 462 g/mol. The van der Waals surface area contributed by atoms with Gasteiger partial charge in [-0.1, -0.05) is 12.1 Å². The number of hydrogen-bond acceptors (Lipinski definition) is 7. The van der Waals surface area contributed by atoms with Gasteiger partial charge in [-0.3, -0.25) is 14.5 Å². The molecule has 1 amide bonds. The van der Waals surface area contributed by atoms with Gasteiger partial charge in [0, 0.05) is 46.2 Å². The summed E-state index contributed by atoms with van der Waals surface area (Å²) in [5.74, 6) is -0.00330. The summed E-state index contributed by atoms with van der Waals surface area (Å²) in [5, 5.41) is 2.82. The van der Waals surface area contributed by atoms with Gasteiger partial charge in [-0.2, -0.15) is 4.31 Å². The van der Waals surface area contributed by atoms with E-state index in [2.05, 4.69) is 10.2 Å². The largest absolute Gasteiger partial charge is 0.497 e. The minimum atomic E-state index is -3.56. The molecule has 1 aliphatic heterocycles. The van der Waals surface area contributed by atoms with Gasteiger partial charge in [0.05, 0.1) is 17.6 Å². The molecule has 1 fully saturated rings. The van der Waals surface area contributed by atoms with Crippen molar-refractivity contribution in [3.8, 4) is 11.5 Å². The minimum absolute atomic E-state index is 0.217. The summed E-state index contributed by atoms with van der Waals surface area (Å²) in [5.41, 5.74) is 0.290. The average Bonchev–Trinajstić information content (AvgIpc) is 2.79. The Morgan fingerprint density at radius 3 is 2.28 bits per heavy atom. The summed E-state index contributed by atoms with van der Waals surface area (Å²) in [4.78, 5) is 26.0. The van der Waals surface area contributed by atoms with Gasteiger partial charge in [-0.05, 0) is 36.4 Å². The number of amides is 1. The molecule has 0 radical (unpaired) electrons. The van der Waals surface area contributed by atoms with Crippen molar-refractivity contribution < 1.29 is 27.5 Å². The number of nitrogens with one attached hydrogen (secondary N) is 1. The van der Waals surface area contributed by atoms with E-state index in [4.69, 9.17) is 9.47 Å². The second-order valence-corrected chi connectivity index (χ2v) is 9.20. The number of rotatable bonds is 8. The fraction of sp³-hybridized carbons (Fsp3) is 0.364. The van der Waals surface area contributed by atoms with Gasteiger partial charge < -0.3 is 14.8 Å². The Morgan fingerprint density at radius 1 is 1.00 bits per heavy atom. The van der Waals surface area contributed by atoms with Crippen molar-refractivity contribution in [2.75, 3.05) is 46.4 Å². The zero-order chi connectivity index (χ0) is 23.1. The van der Waals surface area contributed by atoms with Crippen molar-refractivity contribution in [1.82, 2.24) is 14.5 Å². The maximum absolute atomic E-state index is 12.8. The monoisotopic (exact) mass is 461 g/mol. The molecule has 0 bridgehead atoms. The lowest BCUT2D eigenvalue weighted by molar-refractivity contribution is -0.131. The maximum atomic E-state index is 12.8. The quantitative estimate of drug-likeness (QED) is 0.467. The van der Waals surface area contributed by atoms with Gasteiger partial charge in [0.2, 0.25) is 10.0 Å². The number of methoxy groups -OCH3 is 1. The highest BCUT2D eigenvalue weighted by Gasteiger charge is 2.28. The molecule has 0 unspecified atom stereocenters. The van der Waals surface area contributed by atoms with Crippen molar-refractivity contribution >= 4 is 21.9 Å². The van der Waals surface area contributed by atoms with E-state index in [0.29, 0.717) is 45.0 Å². The summed E-state index contributed by atoms with van der Waals surface area (Å²) < 4.78 is 37.3. The van der Waals surface area contributed by atoms with Crippen molar-refractivity contribution in [2.45, 2.75) is 11.8 Å². The van der Waals surface area contributed by atoms with Crippen molar-refractivity contribution in [1.29, 1.82) is 0 Å². The molecule has 2 aromatic carbocycles. The standard InChI is InChI=1S/C22H27N3O6S/c1-17(26)31-21-6-4-3-5-20(21)22(27)23-11-12-24-13-15-25(16-14-24)32(28,29)19-9-7-18(30-2)8-10-19/h3-10H,11-16H2,1-2H3,(H,23,27). The first-order valence-electron chi connectivity index (χ1n) is 10.2. The molecule has 0 spiro atoms. The number of benzene rings is 2. The molecule has 172 valence electrons. The van der Waals surface area contributed by atoms with Gasteiger partial charge >= 0.3 is 5.97 Å². The Balaban J connectivity index is 1.48. The first-order valence-corrected chi connectivity index (χ1v) is 11.7. The molecular weight excluding hydrogens is 434 g/mol. The molecule has 32 heavy (non-hydrogen) atoms. The second kappa shape index (κ2) is 10.6. The Bertz CT molecular complexity index is 1050. The molecular formula is C22H27N3O6S. The SMILES string of the molecule is COc1ccc(S(=O)(=O)N2CCN(CCNC(=O)c3ccccc3OC(C)=O)CC2)cc1. The molecule has 3 rings (SSSR count). The zero-order valence-corrected chi connectivity index (χ0v) is 18.9. The molecule has 9 nitrogen and oxygen atoms in total. The highest BCUT2D eigenvalue weighted by atomic mass is 32.2. The lowest BCUT2D eigenvalue weighted by atomic mass is 10.2. The number of sulfonamides is 1. The van der Waals surface area contributed by atoms with Crippen LogP contribution >= 0.6 is 0 Å². The second-order valence-electron chi connectivity index (χ2n) is 7.27. The van der Waals surface area contributed by atoms with E-state index in [9.17, 15) is 18.0 Å². The van der Waals surface area contributed by atoms with E-state index in [1.165, 1.54) is 18.3 Å². The molecule has 1 heterocycles. The normalized spacial score (nSPS) is 15.2. The van der Waals surface area contributed by atoms with E-state index >= 15 is 0 Å². The van der Waals surface area contributed by atoms with Crippen molar-refractivity contribution in [3.63, 3.8) is 0 Å². The zero-order valence-electron chi connectivity index (χ0n) is 18.1. The van der Waals surface area contributed by atoms with E-state index in [0.717, 1.165) is 0 Å². The Morgan fingerprint density at radius 2 is 1.66 bits per heavy atom. The molecule has 0 atom stereocenters. The van der Waals surface area contributed by atoms with E-state index in [1.807, 2.05) is 0 Å². The smallest absolute Gasteiger partial charge is 0.308 e. The number of nitrogens with zero attached hydrogens (tertiary/aromatic N) is 2. The van der Waals surface area contributed by atoms with Crippen LogP contribution in [0, 0.1) is 0 Å². The van der Waals surface area contributed by atoms with Crippen LogP contribution in [0.3, 0.4) is 0 Å². The molecule has 0 aromatic heterocycles. The van der Waals surface area contributed by atoms with Crippen LogP contribution in [-0.4, -0.2) is 75.9 Å². The van der Waals surface area contributed by atoms with Crippen LogP contribution in [0.2, 0.25) is 0 Å². The summed E-state index contributed by atoms with van der Waals surface area (Å²) >= 11 is 0. The van der Waals surface area contributed by atoms with Crippen LogP contribution in [0.1, 0.15) is 17.3 Å². The fourth-order valence-electron chi connectivity index (χ4n) is 3.41. The number of carbonyl (C=O) groups excluding carboxylic acids is 2. The van der Waals surface area contributed by atoms with Crippen LogP contribution in [-0.2, 0) is 14.8 Å². The Labute approximate surface area is 188 Å². The molecule has 1 saturated heterocycles. The van der Waals surface area contributed by atoms with Gasteiger partial charge in [0.15, 0.2) is 0 Å². The van der Waals surface area contributed by atoms with Crippen LogP contribution in [0.15, 0.2) is 53.4 Å². The maximum Gasteiger partial charge on any atom is 0.308 e. The highest BCUT2D eigenvalue weighted by molar-refractivity contribution is 7.89. The summed E-state index contributed by atoms with van der Waals surface area (Å²) in [6.45, 7) is 4.12. The molecule has 2 aromatic rings. The first-order chi connectivity index (χ1) is 15.3. The van der Waals surface area contributed by atoms with Gasteiger partial charge in [0.25, 0.3) is 5.91 Å². The van der Waals surface area contributed by atoms with E-state index in [1.54, 1.807) is 48.5 Å². The van der Waals surface area contributed by atoms with Gasteiger partial charge in [-0.25, -0.2) is 8.42 Å². The number of carbonyl (C=O) groups is 2. The van der Waals surface area contributed by atoms with Gasteiger partial charge in [0.1, 0.15) is 11.5 Å². The molecule has 1 aliphatic rings. The Hall–Kier alpha value is -2.95. The number of esters is 1. The number of hydrogen-bond donors (Lipinski definition) is 1. The van der Waals surface area contributed by atoms with Crippen molar-refractivity contribution in [3.05, 3.63) is 54.1 Å². The first kappa shape index (κ1) is 23.7. The van der Waals surface area contributed by atoms with E-state index in [-0.39, 0.29) is 22.1 Å². The van der Waals surface area contributed by atoms with Crippen molar-refractivity contribution in [2.24, 2.45) is 0 Å². The summed E-state index contributed by atoms with van der Waals surface area (Å²) in [6, 6.07) is 12.9. The molecule has 1 N–H and O–H groups in total. The van der Waals surface area contributed by atoms with E-state index < -0.39 is 16.0 Å². The third-order valence-electron chi connectivity index (χ3n) is 5.13. The summed E-state index contributed by atoms with van der Waals surface area (Å²) in [7, 11) is -2.02. The third kappa shape index (κ3) is 5.84. The molecule has 0 saturated carbocycles. The third-order valence-corrected chi connectivity index (χ3v) is 7.04. The van der Waals surface area contributed by atoms with Crippen LogP contribution in [0.25, 0.3) is 0 Å². The Kier molecular flexibility index (Phi) is 7.84. The lowest BCUT2D eigenvalue weighted by Crippen LogP contribution is -2.50. The van der Waals surface area contributed by atoms with Crippen LogP contribution < -0.4 is 14.8 Å². The molecule has 10 heteroatoms. The fourth-order valence-corrected chi connectivity index (χ4v) is 4.83. The number of piperazine rings is 1. The number of para-hydroxylation sites is 1. The summed E-state index contributed by atoms with van der Waals surface area (Å²) in [6.07, 6.45) is 0.